The third-order valence-corrected chi connectivity index (χ3v) is 6.49. The topological polar surface area (TPSA) is 98.5 Å². The van der Waals surface area contributed by atoms with Crippen LogP contribution in [-0.2, 0) is 12.1 Å². The number of non-ortho nitro benzene ring substituents is 1. The molecule has 0 saturated heterocycles. The molecule has 0 radical (unpaired) electrons. The van der Waals surface area contributed by atoms with Gasteiger partial charge in [-0.3, -0.25) is 19.7 Å². The number of anilines is 1. The molecule has 1 amide bonds. The number of nitrogens with one attached hydrogen (secondary N) is 1. The number of ether oxygens (including phenoxy) is 1. The molecule has 0 spiro atoms. The molecule has 0 bridgehead atoms. The maximum atomic E-state index is 15.2. The molecule has 236 valence electrons. The van der Waals surface area contributed by atoms with Crippen LogP contribution in [0.25, 0.3) is 0 Å². The van der Waals surface area contributed by atoms with Gasteiger partial charge in [0, 0.05) is 34.7 Å². The zero-order valence-corrected chi connectivity index (χ0v) is 22.4. The van der Waals surface area contributed by atoms with Gasteiger partial charge in [0.25, 0.3) is 11.6 Å². The monoisotopic (exact) mass is 680 g/mol. The molecule has 0 aliphatic carbocycles. The van der Waals surface area contributed by atoms with Crippen LogP contribution in [0.1, 0.15) is 31.8 Å². The molecule has 0 unspecified atom stereocenters. The second kappa shape index (κ2) is 12.5. The van der Waals surface area contributed by atoms with Gasteiger partial charge >= 0.3 is 24.6 Å². The number of halogens is 12. The number of alkyl halides is 9. The van der Waals surface area contributed by atoms with Gasteiger partial charge < -0.3 is 10.1 Å². The number of nitrogens with zero attached hydrogens (tertiary/aromatic N) is 1. The molecule has 3 rings (SSSR count). The lowest BCUT2D eigenvalue weighted by molar-refractivity contribution is -0.384. The van der Waals surface area contributed by atoms with Crippen molar-refractivity contribution in [1.29, 1.82) is 0 Å². The first kappa shape index (κ1) is 34.4. The van der Waals surface area contributed by atoms with Crippen molar-refractivity contribution in [3.05, 3.63) is 96.8 Å². The largest absolute Gasteiger partial charge is 0.435 e. The molecule has 0 fully saturated rings. The Balaban J connectivity index is 2.00. The van der Waals surface area contributed by atoms with Crippen LogP contribution in [0.3, 0.4) is 0 Å². The summed E-state index contributed by atoms with van der Waals surface area (Å²) < 4.78 is 139. The number of hydrogen-bond acceptors (Lipinski definition) is 5. The number of nitro groups is 1. The van der Waals surface area contributed by atoms with Gasteiger partial charge in [-0.1, -0.05) is 29.3 Å². The molecule has 3 aromatic carbocycles. The Morgan fingerprint density at radius 3 is 2.05 bits per heavy atom. The van der Waals surface area contributed by atoms with Gasteiger partial charge in [0.1, 0.15) is 5.75 Å². The molecule has 0 atom stereocenters. The van der Waals surface area contributed by atoms with E-state index in [4.69, 9.17) is 23.2 Å². The van der Waals surface area contributed by atoms with Crippen LogP contribution in [0.15, 0.2) is 48.5 Å². The predicted molar refractivity (Wildman–Crippen MR) is 133 cm³/mol. The summed E-state index contributed by atoms with van der Waals surface area (Å²) in [5, 5.41) is 11.3. The minimum Gasteiger partial charge on any atom is -0.434 e. The van der Waals surface area contributed by atoms with E-state index < -0.39 is 97.3 Å². The van der Waals surface area contributed by atoms with E-state index in [2.05, 4.69) is 10.1 Å². The highest BCUT2D eigenvalue weighted by Crippen LogP contribution is 2.54. The molecule has 0 aromatic heterocycles. The highest BCUT2D eigenvalue weighted by molar-refractivity contribution is 6.34. The van der Waals surface area contributed by atoms with Crippen molar-refractivity contribution < 1.29 is 63.2 Å². The summed E-state index contributed by atoms with van der Waals surface area (Å²) in [6, 6.07) is 4.94. The average Bonchev–Trinajstić information content (AvgIpc) is 2.89. The fourth-order valence-corrected chi connectivity index (χ4v) is 4.30. The zero-order valence-electron chi connectivity index (χ0n) is 20.9. The van der Waals surface area contributed by atoms with Crippen molar-refractivity contribution in [2.45, 2.75) is 31.1 Å². The van der Waals surface area contributed by atoms with E-state index in [1.165, 1.54) is 0 Å². The third kappa shape index (κ3) is 6.83. The summed E-state index contributed by atoms with van der Waals surface area (Å²) >= 11 is 11.6. The first-order valence-corrected chi connectivity index (χ1v) is 12.1. The van der Waals surface area contributed by atoms with E-state index in [0.29, 0.717) is 0 Å². The molecule has 0 aliphatic heterocycles. The zero-order chi connectivity index (χ0) is 33.4. The first-order valence-electron chi connectivity index (χ1n) is 11.4. The van der Waals surface area contributed by atoms with E-state index >= 15 is 4.39 Å². The standard InChI is InChI=1S/C25H12Cl2F10N2O5/c26-15-6-10(23(31,24(32,33)34)25(35,36)37)7-19(44-22(29)30)14(15)9-18(40)13-2-1-3-17(20(13)28)38-21(41)12-5-4-11(39(42)43)8-16(12)27/h1-8,22H,9H2,(H,38,41). The quantitative estimate of drug-likeness (QED) is 0.106. The summed E-state index contributed by atoms with van der Waals surface area (Å²) in [6.45, 7) is -3.90. The molecule has 44 heavy (non-hydrogen) atoms. The number of ketones is 1. The molecule has 19 heteroatoms. The van der Waals surface area contributed by atoms with Crippen molar-refractivity contribution in [3.63, 3.8) is 0 Å². The van der Waals surface area contributed by atoms with Crippen molar-refractivity contribution >= 4 is 46.3 Å². The van der Waals surface area contributed by atoms with Crippen molar-refractivity contribution in [1.82, 2.24) is 0 Å². The lowest BCUT2D eigenvalue weighted by atomic mass is 9.91. The van der Waals surface area contributed by atoms with Crippen LogP contribution in [0.5, 0.6) is 5.75 Å². The molecular formula is C25H12Cl2F10N2O5. The lowest BCUT2D eigenvalue weighted by Crippen LogP contribution is -2.50. The van der Waals surface area contributed by atoms with Crippen molar-refractivity contribution in [3.8, 4) is 5.75 Å². The van der Waals surface area contributed by atoms with Gasteiger partial charge in [-0.25, -0.2) is 8.78 Å². The van der Waals surface area contributed by atoms with Crippen LogP contribution in [0, 0.1) is 15.9 Å². The maximum absolute atomic E-state index is 15.2. The number of amides is 1. The Labute approximate surface area is 248 Å². The summed E-state index contributed by atoms with van der Waals surface area (Å²) in [5.41, 5.74) is -11.7. The number of rotatable bonds is 9. The number of benzene rings is 3. The Hall–Kier alpha value is -4.12. The van der Waals surface area contributed by atoms with Gasteiger partial charge in [-0.05, 0) is 30.3 Å². The molecule has 7 nitrogen and oxygen atoms in total. The summed E-state index contributed by atoms with van der Waals surface area (Å²) in [6.07, 6.45) is -14.5. The van der Waals surface area contributed by atoms with E-state index in [-0.39, 0.29) is 17.7 Å². The van der Waals surface area contributed by atoms with Crippen molar-refractivity contribution in [2.24, 2.45) is 0 Å². The highest BCUT2D eigenvalue weighted by Gasteiger charge is 2.73. The molecular weight excluding hydrogens is 669 g/mol. The second-order valence-corrected chi connectivity index (χ2v) is 9.42. The minimum absolute atomic E-state index is 0.190. The Morgan fingerprint density at radius 1 is 0.909 bits per heavy atom. The Kier molecular flexibility index (Phi) is 9.74. The first-order chi connectivity index (χ1) is 20.2. The number of Topliss-reactive ketones (excluding diaryl/α,β-unsaturated/α-hetero) is 1. The SMILES string of the molecule is O=C(Nc1cccc(C(=O)Cc2c(Cl)cc(C(F)(C(F)(F)F)C(F)(F)F)cc2OC(F)F)c1F)c1ccc([N+](=O)[O-])cc1Cl. The summed E-state index contributed by atoms with van der Waals surface area (Å²) in [7, 11) is 0. The predicted octanol–water partition coefficient (Wildman–Crippen LogP) is 8.61. The van der Waals surface area contributed by atoms with E-state index in [1.54, 1.807) is 0 Å². The van der Waals surface area contributed by atoms with Gasteiger partial charge in [-0.15, -0.1) is 0 Å². The Morgan fingerprint density at radius 2 is 1.52 bits per heavy atom. The number of hydrogen-bond donors (Lipinski definition) is 1. The van der Waals surface area contributed by atoms with Gasteiger partial charge in [0.2, 0.25) is 0 Å². The van der Waals surface area contributed by atoms with Crippen LogP contribution < -0.4 is 10.1 Å². The normalized spacial score (nSPS) is 12.3. The number of carbonyl (C=O) groups excluding carboxylic acids is 2. The molecule has 0 heterocycles. The van der Waals surface area contributed by atoms with Crippen molar-refractivity contribution in [2.75, 3.05) is 5.32 Å². The summed E-state index contributed by atoms with van der Waals surface area (Å²) in [5.74, 6) is -5.42. The van der Waals surface area contributed by atoms with E-state index in [0.717, 1.165) is 36.4 Å². The smallest absolute Gasteiger partial charge is 0.434 e. The summed E-state index contributed by atoms with van der Waals surface area (Å²) in [4.78, 5) is 35.5. The minimum atomic E-state index is -6.64. The van der Waals surface area contributed by atoms with Gasteiger partial charge in [0.05, 0.1) is 26.8 Å². The second-order valence-electron chi connectivity index (χ2n) is 8.61. The van der Waals surface area contributed by atoms with Gasteiger partial charge in [0.15, 0.2) is 11.6 Å². The van der Waals surface area contributed by atoms with Crippen LogP contribution in [0.4, 0.5) is 55.3 Å². The van der Waals surface area contributed by atoms with Crippen LogP contribution in [-0.4, -0.2) is 35.6 Å². The van der Waals surface area contributed by atoms with Crippen LogP contribution >= 0.6 is 23.2 Å². The Bertz CT molecular complexity index is 1620. The molecule has 0 aliphatic rings. The molecule has 3 aromatic rings. The van der Waals surface area contributed by atoms with E-state index in [9.17, 15) is 59.2 Å². The molecule has 0 saturated carbocycles. The molecule has 1 N–H and O–H groups in total. The van der Waals surface area contributed by atoms with E-state index in [1.807, 2.05) is 0 Å². The fraction of sp³-hybridized carbons (Fsp3) is 0.200. The average molecular weight is 681 g/mol. The fourth-order valence-electron chi connectivity index (χ4n) is 3.76. The number of carbonyl (C=O) groups is 2. The highest BCUT2D eigenvalue weighted by atomic mass is 35.5. The third-order valence-electron chi connectivity index (χ3n) is 5.84. The van der Waals surface area contributed by atoms with Gasteiger partial charge in [-0.2, -0.15) is 35.1 Å². The van der Waals surface area contributed by atoms with Crippen LogP contribution in [0.2, 0.25) is 10.0 Å². The number of nitro benzene ring substituents is 1. The lowest BCUT2D eigenvalue weighted by Gasteiger charge is -2.31. The maximum Gasteiger partial charge on any atom is 0.435 e.